The first-order chi connectivity index (χ1) is 16.4. The molecule has 1 fully saturated rings. The van der Waals surface area contributed by atoms with Gasteiger partial charge in [-0.15, -0.1) is 0 Å². The Hall–Kier alpha value is -3.03. The molecule has 182 valence electrons. The topological polar surface area (TPSA) is 53.6 Å². The molecule has 0 aromatic carbocycles. The summed E-state index contributed by atoms with van der Waals surface area (Å²) in [7, 11) is 0. The average molecular weight is 473 g/mol. The Balaban J connectivity index is 1.47. The number of aliphatic imine (C=N–C) groups is 1. The molecular formula is C26H31F3N4O. The van der Waals surface area contributed by atoms with E-state index in [1.807, 2.05) is 30.7 Å². The van der Waals surface area contributed by atoms with E-state index < -0.39 is 18.2 Å². The van der Waals surface area contributed by atoms with Crippen LogP contribution in [0.25, 0.3) is 5.70 Å². The highest BCUT2D eigenvalue weighted by molar-refractivity contribution is 5.99. The van der Waals surface area contributed by atoms with E-state index in [2.05, 4.69) is 16.0 Å². The number of fused-ring (bicyclic) bond motifs is 1. The van der Waals surface area contributed by atoms with E-state index in [4.69, 9.17) is 4.99 Å². The lowest BCUT2D eigenvalue weighted by molar-refractivity contribution is 0.203. The standard InChI is InChI=1S/C26H31F3N4O/c1-3-6-23(33-14-17(2)31-16-33)24(34)9-4-7-18-8-5-10-32-15-20(13-30-26(18)32)19-11-21(27)25(29)22(28)12-19/h6-7,9,11-12,14,16,20-21,25,34H,3-5,8,10,13,15H2,1-2H3/b18-7+,23-6+,24-9+. The van der Waals surface area contributed by atoms with Gasteiger partial charge < -0.3 is 14.6 Å². The van der Waals surface area contributed by atoms with Crippen LogP contribution in [0.5, 0.6) is 0 Å². The number of aliphatic hydroxyl groups excluding tert-OH is 1. The van der Waals surface area contributed by atoms with Crippen LogP contribution in [0.1, 0.15) is 38.3 Å². The van der Waals surface area contributed by atoms with Gasteiger partial charge in [-0.25, -0.2) is 18.2 Å². The zero-order valence-corrected chi connectivity index (χ0v) is 19.6. The first-order valence-corrected chi connectivity index (χ1v) is 11.8. The van der Waals surface area contributed by atoms with Crippen LogP contribution in [0.4, 0.5) is 13.2 Å². The summed E-state index contributed by atoms with van der Waals surface area (Å²) in [6.45, 7) is 5.75. The number of aliphatic hydroxyl groups is 1. The number of hydrogen-bond acceptors (Lipinski definition) is 4. The molecule has 3 heterocycles. The second-order valence-electron chi connectivity index (χ2n) is 8.93. The molecule has 0 radical (unpaired) electrons. The zero-order chi connectivity index (χ0) is 24.2. The molecular weight excluding hydrogens is 441 g/mol. The maximum absolute atomic E-state index is 13.8. The Morgan fingerprint density at radius 1 is 1.29 bits per heavy atom. The van der Waals surface area contributed by atoms with Gasteiger partial charge in [0.1, 0.15) is 17.4 Å². The second-order valence-corrected chi connectivity index (χ2v) is 8.93. The highest BCUT2D eigenvalue weighted by Crippen LogP contribution is 2.32. The van der Waals surface area contributed by atoms with E-state index in [1.165, 1.54) is 6.08 Å². The zero-order valence-electron chi connectivity index (χ0n) is 19.6. The van der Waals surface area contributed by atoms with Gasteiger partial charge in [0, 0.05) is 31.7 Å². The fourth-order valence-electron chi connectivity index (χ4n) is 4.65. The lowest BCUT2D eigenvalue weighted by Crippen LogP contribution is -2.45. The van der Waals surface area contributed by atoms with Crippen molar-refractivity contribution in [1.82, 2.24) is 14.5 Å². The second kappa shape index (κ2) is 10.5. The number of halogens is 3. The summed E-state index contributed by atoms with van der Waals surface area (Å²) in [6.07, 6.45) is 10.7. The molecule has 1 aromatic rings. The van der Waals surface area contributed by atoms with Crippen LogP contribution in [0.15, 0.2) is 70.6 Å². The summed E-state index contributed by atoms with van der Waals surface area (Å²) in [5.41, 5.74) is 3.17. The van der Waals surface area contributed by atoms with Gasteiger partial charge in [0.25, 0.3) is 0 Å². The minimum absolute atomic E-state index is 0.163. The molecule has 1 aliphatic carbocycles. The Bertz CT molecular complexity index is 1100. The van der Waals surface area contributed by atoms with Crippen LogP contribution in [0.3, 0.4) is 0 Å². The van der Waals surface area contributed by atoms with Gasteiger partial charge in [0.15, 0.2) is 12.3 Å². The first-order valence-electron chi connectivity index (χ1n) is 11.8. The van der Waals surface area contributed by atoms with Crippen molar-refractivity contribution >= 4 is 11.5 Å². The summed E-state index contributed by atoms with van der Waals surface area (Å²) < 4.78 is 42.9. The fraction of sp³-hybridized carbons (Fsp3) is 0.462. The molecule has 3 aliphatic rings. The Kier molecular flexibility index (Phi) is 7.44. The molecule has 0 amide bonds. The predicted molar refractivity (Wildman–Crippen MR) is 129 cm³/mol. The Morgan fingerprint density at radius 2 is 2.12 bits per heavy atom. The van der Waals surface area contributed by atoms with E-state index in [0.29, 0.717) is 30.8 Å². The lowest BCUT2D eigenvalue weighted by atomic mass is 9.89. The largest absolute Gasteiger partial charge is 0.506 e. The molecule has 2 aliphatic heterocycles. The number of hydrogen-bond donors (Lipinski definition) is 1. The van der Waals surface area contributed by atoms with Crippen LogP contribution in [0.2, 0.25) is 0 Å². The maximum atomic E-state index is 13.8. The Morgan fingerprint density at radius 3 is 2.82 bits per heavy atom. The first kappa shape index (κ1) is 24.1. The van der Waals surface area contributed by atoms with Crippen LogP contribution >= 0.6 is 0 Å². The molecule has 3 atom stereocenters. The minimum Gasteiger partial charge on any atom is -0.506 e. The smallest absolute Gasteiger partial charge is 0.186 e. The number of aryl methyl sites for hydroxylation is 1. The highest BCUT2D eigenvalue weighted by atomic mass is 19.2. The molecule has 0 spiro atoms. The number of alkyl halides is 2. The maximum Gasteiger partial charge on any atom is 0.186 e. The minimum atomic E-state index is -2.20. The van der Waals surface area contributed by atoms with E-state index in [-0.39, 0.29) is 11.7 Å². The molecule has 1 N–H and O–H groups in total. The number of nitrogens with zero attached hydrogens (tertiary/aromatic N) is 4. The third-order valence-electron chi connectivity index (χ3n) is 6.36. The predicted octanol–water partition coefficient (Wildman–Crippen LogP) is 5.79. The quantitative estimate of drug-likeness (QED) is 0.421. The van der Waals surface area contributed by atoms with E-state index in [9.17, 15) is 18.3 Å². The number of piperidine rings is 1. The molecule has 0 saturated carbocycles. The number of amidine groups is 1. The van der Waals surface area contributed by atoms with Gasteiger partial charge in [-0.05, 0) is 62.0 Å². The van der Waals surface area contributed by atoms with Gasteiger partial charge in [-0.2, -0.15) is 0 Å². The summed E-state index contributed by atoms with van der Waals surface area (Å²) in [4.78, 5) is 11.1. The summed E-state index contributed by atoms with van der Waals surface area (Å²) >= 11 is 0. The van der Waals surface area contributed by atoms with Crippen molar-refractivity contribution in [3.05, 3.63) is 71.3 Å². The van der Waals surface area contributed by atoms with Crippen molar-refractivity contribution in [1.29, 1.82) is 0 Å². The monoisotopic (exact) mass is 472 g/mol. The summed E-state index contributed by atoms with van der Waals surface area (Å²) in [5.74, 6) is -0.109. The number of allylic oxidation sites excluding steroid dienone is 7. The molecule has 3 unspecified atom stereocenters. The van der Waals surface area contributed by atoms with Crippen molar-refractivity contribution in [2.45, 2.75) is 51.9 Å². The molecule has 4 rings (SSSR count). The summed E-state index contributed by atoms with van der Waals surface area (Å²) in [6, 6.07) is 0. The van der Waals surface area contributed by atoms with Crippen molar-refractivity contribution in [2.75, 3.05) is 19.6 Å². The van der Waals surface area contributed by atoms with Crippen LogP contribution in [-0.4, -0.2) is 57.4 Å². The van der Waals surface area contributed by atoms with E-state index >= 15 is 0 Å². The van der Waals surface area contributed by atoms with Crippen LogP contribution in [-0.2, 0) is 0 Å². The summed E-state index contributed by atoms with van der Waals surface area (Å²) in [5, 5.41) is 10.7. The van der Waals surface area contributed by atoms with Crippen molar-refractivity contribution in [3.63, 3.8) is 0 Å². The fourth-order valence-corrected chi connectivity index (χ4v) is 4.65. The average Bonchev–Trinajstić information content (AvgIpc) is 3.26. The molecule has 1 saturated heterocycles. The van der Waals surface area contributed by atoms with Gasteiger partial charge >= 0.3 is 0 Å². The molecule has 8 heteroatoms. The van der Waals surface area contributed by atoms with Gasteiger partial charge in [0.2, 0.25) is 0 Å². The third kappa shape index (κ3) is 5.21. The highest BCUT2D eigenvalue weighted by Gasteiger charge is 2.33. The third-order valence-corrected chi connectivity index (χ3v) is 6.36. The van der Waals surface area contributed by atoms with Gasteiger partial charge in [-0.1, -0.05) is 19.1 Å². The van der Waals surface area contributed by atoms with Crippen molar-refractivity contribution in [2.24, 2.45) is 10.9 Å². The number of aromatic nitrogens is 2. The van der Waals surface area contributed by atoms with Crippen LogP contribution in [0, 0.1) is 12.8 Å². The van der Waals surface area contributed by atoms with E-state index in [0.717, 1.165) is 49.0 Å². The molecule has 0 bridgehead atoms. The van der Waals surface area contributed by atoms with Gasteiger partial charge in [-0.3, -0.25) is 4.99 Å². The van der Waals surface area contributed by atoms with Crippen molar-refractivity contribution in [3.8, 4) is 0 Å². The van der Waals surface area contributed by atoms with E-state index in [1.54, 1.807) is 12.4 Å². The number of rotatable bonds is 6. The van der Waals surface area contributed by atoms with Gasteiger partial charge in [0.05, 0.1) is 17.7 Å². The van der Waals surface area contributed by atoms with Crippen molar-refractivity contribution < 1.29 is 18.3 Å². The van der Waals surface area contributed by atoms with Crippen LogP contribution < -0.4 is 0 Å². The lowest BCUT2D eigenvalue weighted by Gasteiger charge is -2.39. The SMILES string of the molecule is CC/C=C(\C(O)=C/C/C=C1\CCCN2CC(C3=CC(F)C(F)C(F)=C3)CN=C12)n1cnc(C)c1. The molecule has 1 aromatic heterocycles. The number of imidazole rings is 1. The Labute approximate surface area is 198 Å². The molecule has 5 nitrogen and oxygen atoms in total. The normalized spacial score (nSPS) is 27.3. The molecule has 34 heavy (non-hydrogen) atoms.